The fourth-order valence-corrected chi connectivity index (χ4v) is 8.17. The summed E-state index contributed by atoms with van der Waals surface area (Å²) in [5, 5.41) is 8.57. The van der Waals surface area contributed by atoms with Gasteiger partial charge in [-0.2, -0.15) is 10.2 Å². The third-order valence-corrected chi connectivity index (χ3v) is 10.9. The molecule has 54 heavy (non-hydrogen) atoms. The van der Waals surface area contributed by atoms with Crippen LogP contribution >= 0.6 is 0 Å². The van der Waals surface area contributed by atoms with Crippen LogP contribution in [0.3, 0.4) is 0 Å². The van der Waals surface area contributed by atoms with Gasteiger partial charge in [-0.15, -0.1) is 0 Å². The molecule has 4 heteroatoms. The van der Waals surface area contributed by atoms with Crippen LogP contribution in [0.5, 0.6) is 0 Å². The highest BCUT2D eigenvalue weighted by molar-refractivity contribution is 5.83. The lowest BCUT2D eigenvalue weighted by molar-refractivity contribution is 0.678. The van der Waals surface area contributed by atoms with E-state index >= 15 is 0 Å². The van der Waals surface area contributed by atoms with Gasteiger partial charge in [0.2, 0.25) is 0 Å². The third kappa shape index (κ3) is 5.92. The molecular formula is C50H36N4. The van der Waals surface area contributed by atoms with E-state index < -0.39 is 0 Å². The molecule has 6 aromatic carbocycles. The number of aromatic nitrogens is 2. The van der Waals surface area contributed by atoms with Gasteiger partial charge < -0.3 is 0 Å². The van der Waals surface area contributed by atoms with Crippen LogP contribution in [-0.2, 0) is 0 Å². The first kappa shape index (κ1) is 31.9. The molecule has 0 N–H and O–H groups in total. The van der Waals surface area contributed by atoms with Gasteiger partial charge in [-0.1, -0.05) is 158 Å². The second-order valence-corrected chi connectivity index (χ2v) is 14.2. The number of rotatable bonds is 6. The quantitative estimate of drug-likeness (QED) is 0.174. The van der Waals surface area contributed by atoms with E-state index in [9.17, 15) is 0 Å². The molecule has 2 unspecified atom stereocenters. The zero-order valence-corrected chi connectivity index (χ0v) is 29.6. The number of hydrogen-bond acceptors (Lipinski definition) is 4. The molecule has 4 nitrogen and oxygen atoms in total. The first-order chi connectivity index (χ1) is 26.7. The van der Waals surface area contributed by atoms with Crippen molar-refractivity contribution in [1.29, 1.82) is 0 Å². The van der Waals surface area contributed by atoms with Crippen molar-refractivity contribution in [3.8, 4) is 67.3 Å². The monoisotopic (exact) mass is 692 g/mol. The first-order valence-corrected chi connectivity index (χ1v) is 18.6. The third-order valence-electron chi connectivity index (χ3n) is 10.9. The summed E-state index contributed by atoms with van der Waals surface area (Å²) in [5.74, 6) is 1.40. The van der Waals surface area contributed by atoms with E-state index in [1.807, 2.05) is 6.07 Å². The van der Waals surface area contributed by atoms with E-state index in [1.54, 1.807) is 6.20 Å². The number of benzene rings is 6. The van der Waals surface area contributed by atoms with Crippen molar-refractivity contribution < 1.29 is 0 Å². The zero-order chi connectivity index (χ0) is 35.8. The average molecular weight is 693 g/mol. The van der Waals surface area contributed by atoms with Gasteiger partial charge in [0.1, 0.15) is 0 Å². The molecule has 0 amide bonds. The van der Waals surface area contributed by atoms with Crippen molar-refractivity contribution in [2.45, 2.75) is 24.3 Å². The molecule has 7 aromatic rings. The SMILES string of the molecule is C1=CC2c3ccc(-c4cccc(-c5nc(-c6ccc(C7CC=CN=N7)cc6)cc(-c6cccc(-c7ccccc7)c6)n5)c4)cc3-c3ccccc3[C@H]2C=C1. The van der Waals surface area contributed by atoms with Crippen LogP contribution < -0.4 is 0 Å². The maximum absolute atomic E-state index is 5.24. The van der Waals surface area contributed by atoms with E-state index in [0.29, 0.717) is 17.7 Å². The Labute approximate surface area is 315 Å². The molecule has 0 saturated heterocycles. The Hall–Kier alpha value is -6.78. The van der Waals surface area contributed by atoms with Crippen LogP contribution in [0.25, 0.3) is 67.3 Å². The van der Waals surface area contributed by atoms with Crippen molar-refractivity contribution in [3.63, 3.8) is 0 Å². The Bertz CT molecular complexity index is 2650. The summed E-state index contributed by atoms with van der Waals surface area (Å²) >= 11 is 0. The average Bonchev–Trinajstić information content (AvgIpc) is 3.27. The molecule has 2 heterocycles. The van der Waals surface area contributed by atoms with Crippen molar-refractivity contribution in [1.82, 2.24) is 9.97 Å². The summed E-state index contributed by atoms with van der Waals surface area (Å²) in [7, 11) is 0. The normalized spacial score (nSPS) is 17.8. The minimum Gasteiger partial charge on any atom is -0.228 e. The van der Waals surface area contributed by atoms with E-state index in [4.69, 9.17) is 9.97 Å². The van der Waals surface area contributed by atoms with Crippen molar-refractivity contribution in [3.05, 3.63) is 205 Å². The number of azo groups is 1. The van der Waals surface area contributed by atoms with E-state index in [1.165, 1.54) is 33.4 Å². The number of allylic oxidation sites excluding steroid dienone is 4. The Kier molecular flexibility index (Phi) is 8.07. The van der Waals surface area contributed by atoms with Gasteiger partial charge in [-0.3, -0.25) is 0 Å². The van der Waals surface area contributed by atoms with Gasteiger partial charge in [0.15, 0.2) is 5.82 Å². The van der Waals surface area contributed by atoms with Crippen molar-refractivity contribution in [2.75, 3.05) is 0 Å². The smallest absolute Gasteiger partial charge is 0.160 e. The minimum atomic E-state index is 0.0403. The summed E-state index contributed by atoms with van der Waals surface area (Å²) in [5.41, 5.74) is 16.0. The van der Waals surface area contributed by atoms with Gasteiger partial charge in [0.05, 0.1) is 17.4 Å². The number of hydrogen-bond donors (Lipinski definition) is 0. The second kappa shape index (κ2) is 13.6. The molecule has 10 rings (SSSR count). The minimum absolute atomic E-state index is 0.0403. The fraction of sp³-hybridized carbons (Fsp3) is 0.0800. The van der Waals surface area contributed by atoms with E-state index in [0.717, 1.165) is 51.2 Å². The Morgan fingerprint density at radius 1 is 0.444 bits per heavy atom. The highest BCUT2D eigenvalue weighted by Gasteiger charge is 2.31. The van der Waals surface area contributed by atoms with Gasteiger partial charge in [-0.25, -0.2) is 9.97 Å². The largest absolute Gasteiger partial charge is 0.228 e. The summed E-state index contributed by atoms with van der Waals surface area (Å²) in [4.78, 5) is 10.5. The summed E-state index contributed by atoms with van der Waals surface area (Å²) < 4.78 is 0. The zero-order valence-electron chi connectivity index (χ0n) is 29.6. The van der Waals surface area contributed by atoms with Crippen molar-refractivity contribution >= 4 is 0 Å². The van der Waals surface area contributed by atoms with Crippen LogP contribution in [0.4, 0.5) is 0 Å². The molecule has 2 aliphatic carbocycles. The molecule has 1 aromatic heterocycles. The van der Waals surface area contributed by atoms with Crippen LogP contribution in [0.2, 0.25) is 0 Å². The van der Waals surface area contributed by atoms with Crippen LogP contribution in [0, 0.1) is 0 Å². The van der Waals surface area contributed by atoms with E-state index in [2.05, 4.69) is 186 Å². The van der Waals surface area contributed by atoms with Crippen LogP contribution in [-0.4, -0.2) is 9.97 Å². The predicted octanol–water partition coefficient (Wildman–Crippen LogP) is 13.2. The van der Waals surface area contributed by atoms with Gasteiger partial charge in [0, 0.05) is 34.7 Å². The summed E-state index contributed by atoms with van der Waals surface area (Å²) in [6, 6.07) is 54.3. The second-order valence-electron chi connectivity index (χ2n) is 14.2. The molecule has 1 aliphatic heterocycles. The lowest BCUT2D eigenvalue weighted by Crippen LogP contribution is -2.16. The van der Waals surface area contributed by atoms with Gasteiger partial charge in [-0.05, 0) is 80.8 Å². The van der Waals surface area contributed by atoms with Crippen LogP contribution in [0.15, 0.2) is 198 Å². The molecule has 3 aliphatic rings. The molecular weight excluding hydrogens is 657 g/mol. The Morgan fingerprint density at radius 2 is 1.06 bits per heavy atom. The highest BCUT2D eigenvalue weighted by Crippen LogP contribution is 2.50. The standard InChI is InChI=1S/C50H36N4/c1-2-11-33(12-3-1)36-13-8-15-39(29-36)49-32-48(35-24-22-34(23-25-35)47-21-10-28-51-54-47)52-50(53-49)40-16-9-14-37(30-40)38-26-27-45-43-19-5-4-17-41(43)42-18-6-7-20-44(42)46(45)31-38/h1-20,22-32,41,43,47H,21H2/t41-,43?,47?/m1/s1. The molecule has 256 valence electrons. The first-order valence-electron chi connectivity index (χ1n) is 18.6. The van der Waals surface area contributed by atoms with E-state index in [-0.39, 0.29) is 6.04 Å². The Morgan fingerprint density at radius 3 is 1.83 bits per heavy atom. The van der Waals surface area contributed by atoms with Gasteiger partial charge >= 0.3 is 0 Å². The maximum Gasteiger partial charge on any atom is 0.160 e. The van der Waals surface area contributed by atoms with Gasteiger partial charge in [0.25, 0.3) is 0 Å². The highest BCUT2D eigenvalue weighted by atomic mass is 15.1. The lowest BCUT2D eigenvalue weighted by Gasteiger charge is -2.34. The predicted molar refractivity (Wildman–Crippen MR) is 220 cm³/mol. The fourth-order valence-electron chi connectivity index (χ4n) is 8.17. The maximum atomic E-state index is 5.24. The molecule has 0 saturated carbocycles. The summed E-state index contributed by atoms with van der Waals surface area (Å²) in [6.45, 7) is 0. The Balaban J connectivity index is 1.06. The number of nitrogens with zero attached hydrogens (tertiary/aromatic N) is 4. The molecule has 0 bridgehead atoms. The number of fused-ring (bicyclic) bond motifs is 6. The molecule has 0 fully saturated rings. The topological polar surface area (TPSA) is 50.5 Å². The van der Waals surface area contributed by atoms with Crippen LogP contribution in [0.1, 0.15) is 41.0 Å². The molecule has 3 atom stereocenters. The summed E-state index contributed by atoms with van der Waals surface area (Å²) in [6.07, 6.45) is 13.7. The molecule has 0 spiro atoms. The van der Waals surface area contributed by atoms with Crippen molar-refractivity contribution in [2.24, 2.45) is 10.2 Å². The lowest BCUT2D eigenvalue weighted by atomic mass is 9.69. The molecule has 0 radical (unpaired) electrons.